The molecule has 188 valence electrons. The molecule has 1 amide bonds. The summed E-state index contributed by atoms with van der Waals surface area (Å²) in [6.45, 7) is 0.339. The average Bonchev–Trinajstić information content (AvgIpc) is 3.77. The van der Waals surface area contributed by atoms with E-state index in [9.17, 15) is 9.59 Å². The summed E-state index contributed by atoms with van der Waals surface area (Å²) >= 11 is 0. The summed E-state index contributed by atoms with van der Waals surface area (Å²) in [5, 5.41) is 3.15. The van der Waals surface area contributed by atoms with Gasteiger partial charge in [0.1, 0.15) is 5.75 Å². The lowest BCUT2D eigenvalue weighted by atomic mass is 9.76. The van der Waals surface area contributed by atoms with Crippen LogP contribution in [0, 0.1) is 5.92 Å². The van der Waals surface area contributed by atoms with Crippen molar-refractivity contribution in [2.45, 2.75) is 43.2 Å². The summed E-state index contributed by atoms with van der Waals surface area (Å²) < 4.78 is 5.28. The topological polar surface area (TPSA) is 107 Å². The van der Waals surface area contributed by atoms with Gasteiger partial charge in [0.05, 0.1) is 19.1 Å². The molecule has 0 unspecified atom stereocenters. The first-order valence-corrected chi connectivity index (χ1v) is 12.6. The third kappa shape index (κ3) is 5.66. The zero-order valence-electron chi connectivity index (χ0n) is 20.7. The van der Waals surface area contributed by atoms with Crippen LogP contribution < -0.4 is 21.5 Å². The normalized spacial score (nSPS) is 15.7. The van der Waals surface area contributed by atoms with Crippen LogP contribution in [0.3, 0.4) is 0 Å². The Morgan fingerprint density at radius 1 is 0.917 bits per heavy atom. The van der Waals surface area contributed by atoms with Crippen molar-refractivity contribution in [2.24, 2.45) is 17.4 Å². The lowest BCUT2D eigenvalue weighted by Crippen LogP contribution is -2.61. The summed E-state index contributed by atoms with van der Waals surface area (Å²) in [5.41, 5.74) is 13.5. The third-order valence-corrected chi connectivity index (χ3v) is 7.00. The van der Waals surface area contributed by atoms with Crippen molar-refractivity contribution in [1.82, 2.24) is 5.32 Å². The number of Topliss-reactive ketones (excluding diaryl/α,β-unsaturated/α-hetero) is 1. The molecule has 1 fully saturated rings. The molecule has 6 nitrogen and oxygen atoms in total. The van der Waals surface area contributed by atoms with Crippen molar-refractivity contribution in [3.8, 4) is 5.75 Å². The van der Waals surface area contributed by atoms with Gasteiger partial charge in [0.15, 0.2) is 11.3 Å². The van der Waals surface area contributed by atoms with Gasteiger partial charge < -0.3 is 21.5 Å². The van der Waals surface area contributed by atoms with E-state index in [2.05, 4.69) is 5.32 Å². The second-order valence-electron chi connectivity index (χ2n) is 9.54. The van der Waals surface area contributed by atoms with Gasteiger partial charge in [-0.15, -0.1) is 0 Å². The molecule has 1 saturated carbocycles. The Morgan fingerprint density at radius 3 is 1.94 bits per heavy atom. The van der Waals surface area contributed by atoms with E-state index in [1.807, 2.05) is 84.9 Å². The SMILES string of the molecule is COc1ccc([C@@H](NC(=O)[C@@](N)(CCCN)C(=O)C(c2ccccc2)c2ccccc2)C2CC2)cc1. The van der Waals surface area contributed by atoms with Gasteiger partial charge in [0.25, 0.3) is 0 Å². The number of amides is 1. The molecular formula is C30H35N3O3. The van der Waals surface area contributed by atoms with E-state index in [1.54, 1.807) is 7.11 Å². The predicted octanol–water partition coefficient (Wildman–Crippen LogP) is 4.10. The molecule has 0 radical (unpaired) electrons. The summed E-state index contributed by atoms with van der Waals surface area (Å²) in [6, 6.07) is 26.5. The number of ketones is 1. The highest BCUT2D eigenvalue weighted by molar-refractivity contribution is 6.14. The molecule has 0 aliphatic heterocycles. The molecule has 2 atom stereocenters. The fourth-order valence-electron chi connectivity index (χ4n) is 4.76. The molecule has 4 rings (SSSR count). The summed E-state index contributed by atoms with van der Waals surface area (Å²) in [5.74, 6) is -0.378. The monoisotopic (exact) mass is 485 g/mol. The van der Waals surface area contributed by atoms with E-state index in [-0.39, 0.29) is 18.2 Å². The predicted molar refractivity (Wildman–Crippen MR) is 142 cm³/mol. The second-order valence-corrected chi connectivity index (χ2v) is 9.54. The molecule has 0 heterocycles. The number of carbonyl (C=O) groups excluding carboxylic acids is 2. The van der Waals surface area contributed by atoms with E-state index in [0.29, 0.717) is 18.9 Å². The van der Waals surface area contributed by atoms with Crippen LogP contribution in [0.25, 0.3) is 0 Å². The van der Waals surface area contributed by atoms with Crippen molar-refractivity contribution in [3.63, 3.8) is 0 Å². The van der Waals surface area contributed by atoms with E-state index in [4.69, 9.17) is 16.2 Å². The highest BCUT2D eigenvalue weighted by Gasteiger charge is 2.47. The number of nitrogens with one attached hydrogen (secondary N) is 1. The van der Waals surface area contributed by atoms with Crippen molar-refractivity contribution in [3.05, 3.63) is 102 Å². The Hall–Kier alpha value is -3.48. The van der Waals surface area contributed by atoms with Crippen molar-refractivity contribution >= 4 is 11.7 Å². The molecule has 5 N–H and O–H groups in total. The Balaban J connectivity index is 1.68. The van der Waals surface area contributed by atoms with Crippen LogP contribution in [0.4, 0.5) is 0 Å². The van der Waals surface area contributed by atoms with Gasteiger partial charge in [-0.1, -0.05) is 72.8 Å². The van der Waals surface area contributed by atoms with E-state index < -0.39 is 17.4 Å². The van der Waals surface area contributed by atoms with Gasteiger partial charge in [0.2, 0.25) is 5.91 Å². The fraction of sp³-hybridized carbons (Fsp3) is 0.333. The number of methoxy groups -OCH3 is 1. The van der Waals surface area contributed by atoms with Gasteiger partial charge in [-0.05, 0) is 67.0 Å². The minimum Gasteiger partial charge on any atom is -0.497 e. The molecule has 3 aromatic carbocycles. The summed E-state index contributed by atoms with van der Waals surface area (Å²) in [7, 11) is 1.62. The third-order valence-electron chi connectivity index (χ3n) is 7.00. The number of carbonyl (C=O) groups is 2. The lowest BCUT2D eigenvalue weighted by Gasteiger charge is -2.33. The zero-order chi connectivity index (χ0) is 25.5. The Kier molecular flexibility index (Phi) is 8.18. The summed E-state index contributed by atoms with van der Waals surface area (Å²) in [6.07, 6.45) is 2.66. The van der Waals surface area contributed by atoms with E-state index in [1.165, 1.54) is 0 Å². The highest BCUT2D eigenvalue weighted by Crippen LogP contribution is 2.42. The number of rotatable bonds is 12. The number of benzene rings is 3. The molecule has 0 bridgehead atoms. The van der Waals surface area contributed by atoms with Crippen LogP contribution in [0.15, 0.2) is 84.9 Å². The number of ether oxygens (including phenoxy) is 1. The Labute approximate surface area is 213 Å². The van der Waals surface area contributed by atoms with Gasteiger partial charge in [-0.3, -0.25) is 9.59 Å². The smallest absolute Gasteiger partial charge is 0.248 e. The van der Waals surface area contributed by atoms with Gasteiger partial charge >= 0.3 is 0 Å². The first-order chi connectivity index (χ1) is 17.5. The fourth-order valence-corrected chi connectivity index (χ4v) is 4.76. The van der Waals surface area contributed by atoms with Gasteiger partial charge in [-0.2, -0.15) is 0 Å². The van der Waals surface area contributed by atoms with Crippen LogP contribution in [-0.2, 0) is 9.59 Å². The number of hydrogen-bond donors (Lipinski definition) is 3. The van der Waals surface area contributed by atoms with E-state index in [0.717, 1.165) is 35.3 Å². The first-order valence-electron chi connectivity index (χ1n) is 12.6. The molecule has 3 aromatic rings. The largest absolute Gasteiger partial charge is 0.497 e. The maximum Gasteiger partial charge on any atom is 0.248 e. The quantitative estimate of drug-likeness (QED) is 0.335. The van der Waals surface area contributed by atoms with E-state index >= 15 is 0 Å². The van der Waals surface area contributed by atoms with Crippen molar-refractivity contribution < 1.29 is 14.3 Å². The number of hydrogen-bond acceptors (Lipinski definition) is 5. The second kappa shape index (κ2) is 11.5. The van der Waals surface area contributed by atoms with Gasteiger partial charge in [-0.25, -0.2) is 0 Å². The molecule has 0 aromatic heterocycles. The number of nitrogens with two attached hydrogens (primary N) is 2. The average molecular weight is 486 g/mol. The van der Waals surface area contributed by atoms with Crippen molar-refractivity contribution in [2.75, 3.05) is 13.7 Å². The minimum absolute atomic E-state index is 0.171. The molecule has 0 saturated heterocycles. The maximum atomic E-state index is 14.3. The maximum absolute atomic E-state index is 14.3. The molecule has 1 aliphatic carbocycles. The molecule has 1 aliphatic rings. The molecule has 0 spiro atoms. The van der Waals surface area contributed by atoms with Crippen LogP contribution >= 0.6 is 0 Å². The first kappa shape index (κ1) is 25.6. The van der Waals surface area contributed by atoms with Crippen LogP contribution in [0.5, 0.6) is 5.75 Å². The molecule has 36 heavy (non-hydrogen) atoms. The summed E-state index contributed by atoms with van der Waals surface area (Å²) in [4.78, 5) is 28.2. The lowest BCUT2D eigenvalue weighted by molar-refractivity contribution is -0.137. The zero-order valence-corrected chi connectivity index (χ0v) is 20.7. The standard InChI is InChI=1S/C30H35N3O3/c1-36-25-17-15-24(16-18-25)27(23-13-14-23)33-29(35)30(32,19-8-20-31)28(34)26(21-9-4-2-5-10-21)22-11-6-3-7-12-22/h2-7,9-12,15-18,23,26-27H,8,13-14,19-20,31-32H2,1H3,(H,33,35)/t27-,30+/m0/s1. The highest BCUT2D eigenvalue weighted by atomic mass is 16.5. The van der Waals surface area contributed by atoms with Crippen LogP contribution in [0.2, 0.25) is 0 Å². The molecule has 6 heteroatoms. The molecular weight excluding hydrogens is 450 g/mol. The Bertz CT molecular complexity index is 1110. The van der Waals surface area contributed by atoms with Gasteiger partial charge in [0, 0.05) is 0 Å². The van der Waals surface area contributed by atoms with Crippen LogP contribution in [-0.4, -0.2) is 30.9 Å². The van der Waals surface area contributed by atoms with Crippen molar-refractivity contribution in [1.29, 1.82) is 0 Å². The Morgan fingerprint density at radius 2 is 1.47 bits per heavy atom. The van der Waals surface area contributed by atoms with Crippen LogP contribution in [0.1, 0.15) is 54.3 Å². The minimum atomic E-state index is -1.73.